The lowest BCUT2D eigenvalue weighted by Gasteiger charge is -2.10. The minimum atomic E-state index is -0.718. The average molecular weight is 350 g/mol. The van der Waals surface area contributed by atoms with Crippen molar-refractivity contribution in [3.8, 4) is 23.2 Å². The van der Waals surface area contributed by atoms with Crippen molar-refractivity contribution >= 4 is 5.97 Å². The zero-order chi connectivity index (χ0) is 18.4. The van der Waals surface area contributed by atoms with E-state index in [1.165, 1.54) is 0 Å². The molecule has 2 aromatic heterocycles. The van der Waals surface area contributed by atoms with E-state index in [0.717, 1.165) is 0 Å². The highest BCUT2D eigenvalue weighted by Gasteiger charge is 2.19. The van der Waals surface area contributed by atoms with Crippen molar-refractivity contribution in [1.82, 2.24) is 15.1 Å². The van der Waals surface area contributed by atoms with Gasteiger partial charge in [-0.15, -0.1) is 0 Å². The summed E-state index contributed by atoms with van der Waals surface area (Å²) in [5.41, 5.74) is 1.21. The Hall–Kier alpha value is -3.73. The smallest absolute Gasteiger partial charge is 0.344 e. The molecule has 0 spiro atoms. The molecule has 1 atom stereocenters. The van der Waals surface area contributed by atoms with Gasteiger partial charge in [-0.2, -0.15) is 10.2 Å². The number of rotatable bonds is 6. The number of benzene rings is 1. The van der Waals surface area contributed by atoms with Gasteiger partial charge in [0.05, 0.1) is 11.6 Å². The molecular weight excluding hydrogens is 336 g/mol. The quantitative estimate of drug-likeness (QED) is 0.624. The molecule has 0 aliphatic rings. The molecule has 3 aromatic rings. The van der Waals surface area contributed by atoms with Gasteiger partial charge in [0.2, 0.25) is 5.82 Å². The number of carbonyl (C=O) groups is 1. The van der Waals surface area contributed by atoms with Crippen LogP contribution in [-0.4, -0.2) is 27.7 Å². The highest BCUT2D eigenvalue weighted by Crippen LogP contribution is 2.20. The van der Waals surface area contributed by atoms with Gasteiger partial charge >= 0.3 is 5.97 Å². The normalized spacial score (nSPS) is 11.4. The second kappa shape index (κ2) is 7.90. The van der Waals surface area contributed by atoms with Gasteiger partial charge in [-0.1, -0.05) is 5.16 Å². The van der Waals surface area contributed by atoms with Crippen LogP contribution in [0.3, 0.4) is 0 Å². The first-order valence-electron chi connectivity index (χ1n) is 7.72. The molecular formula is C18H14N4O4. The van der Waals surface area contributed by atoms with E-state index in [2.05, 4.69) is 15.1 Å². The van der Waals surface area contributed by atoms with Crippen LogP contribution in [-0.2, 0) is 9.53 Å². The minimum absolute atomic E-state index is 0.176. The maximum Gasteiger partial charge on any atom is 0.344 e. The van der Waals surface area contributed by atoms with E-state index >= 15 is 0 Å². The summed E-state index contributed by atoms with van der Waals surface area (Å²) in [6.45, 7) is 1.35. The number of pyridine rings is 1. The number of hydrogen-bond acceptors (Lipinski definition) is 8. The summed E-state index contributed by atoms with van der Waals surface area (Å²) in [6.07, 6.45) is 2.53. The van der Waals surface area contributed by atoms with Gasteiger partial charge in [0.15, 0.2) is 12.7 Å². The van der Waals surface area contributed by atoms with Crippen molar-refractivity contribution in [2.24, 2.45) is 0 Å². The molecule has 26 heavy (non-hydrogen) atoms. The first kappa shape index (κ1) is 17.1. The third-order valence-corrected chi connectivity index (χ3v) is 3.36. The average Bonchev–Trinajstić information content (AvgIpc) is 3.18. The molecule has 0 aliphatic heterocycles. The van der Waals surface area contributed by atoms with Gasteiger partial charge in [0.1, 0.15) is 5.75 Å². The summed E-state index contributed by atoms with van der Waals surface area (Å²) >= 11 is 0. The summed E-state index contributed by atoms with van der Waals surface area (Å²) in [5.74, 6) is 0.425. The highest BCUT2D eigenvalue weighted by atomic mass is 16.6. The van der Waals surface area contributed by atoms with Crippen LogP contribution >= 0.6 is 0 Å². The Balaban J connectivity index is 1.54. The molecule has 0 fully saturated rings. The van der Waals surface area contributed by atoms with Crippen molar-refractivity contribution in [1.29, 1.82) is 5.26 Å². The van der Waals surface area contributed by atoms with Gasteiger partial charge < -0.3 is 14.0 Å². The maximum absolute atomic E-state index is 11.9. The zero-order valence-electron chi connectivity index (χ0n) is 13.8. The summed E-state index contributed by atoms with van der Waals surface area (Å²) in [5, 5.41) is 12.6. The summed E-state index contributed by atoms with van der Waals surface area (Å²) in [4.78, 5) is 20.1. The number of nitriles is 1. The van der Waals surface area contributed by atoms with E-state index in [4.69, 9.17) is 19.3 Å². The van der Waals surface area contributed by atoms with E-state index < -0.39 is 12.1 Å². The van der Waals surface area contributed by atoms with Crippen LogP contribution in [0.25, 0.3) is 11.4 Å². The number of nitrogens with zero attached hydrogens (tertiary/aromatic N) is 4. The first-order chi connectivity index (χ1) is 12.7. The Morgan fingerprint density at radius 3 is 2.81 bits per heavy atom. The number of esters is 1. The van der Waals surface area contributed by atoms with E-state index in [9.17, 15) is 4.79 Å². The second-order valence-corrected chi connectivity index (χ2v) is 5.25. The van der Waals surface area contributed by atoms with E-state index in [-0.39, 0.29) is 12.5 Å². The Labute approximate surface area is 149 Å². The third kappa shape index (κ3) is 4.21. The van der Waals surface area contributed by atoms with Crippen LogP contribution in [0.4, 0.5) is 0 Å². The van der Waals surface area contributed by atoms with Crippen LogP contribution in [0.5, 0.6) is 5.75 Å². The molecule has 0 radical (unpaired) electrons. The Bertz CT molecular complexity index is 916. The molecule has 8 heteroatoms. The lowest BCUT2D eigenvalue weighted by Crippen LogP contribution is -2.17. The van der Waals surface area contributed by atoms with Crippen LogP contribution in [0, 0.1) is 11.3 Å². The summed E-state index contributed by atoms with van der Waals surface area (Å²) in [7, 11) is 0. The lowest BCUT2D eigenvalue weighted by atomic mass is 10.2. The van der Waals surface area contributed by atoms with Crippen LogP contribution < -0.4 is 4.74 Å². The molecule has 0 saturated carbocycles. The van der Waals surface area contributed by atoms with Crippen molar-refractivity contribution < 1.29 is 18.8 Å². The Morgan fingerprint density at radius 2 is 2.12 bits per heavy atom. The van der Waals surface area contributed by atoms with E-state index in [1.807, 2.05) is 6.07 Å². The molecule has 8 nitrogen and oxygen atoms in total. The first-order valence-corrected chi connectivity index (χ1v) is 7.72. The lowest BCUT2D eigenvalue weighted by molar-refractivity contribution is -0.152. The van der Waals surface area contributed by atoms with Gasteiger partial charge in [-0.25, -0.2) is 4.79 Å². The molecule has 1 unspecified atom stereocenters. The molecule has 0 N–H and O–H groups in total. The van der Waals surface area contributed by atoms with Gasteiger partial charge in [0, 0.05) is 18.0 Å². The van der Waals surface area contributed by atoms with Crippen molar-refractivity contribution in [2.45, 2.75) is 13.0 Å². The van der Waals surface area contributed by atoms with Gasteiger partial charge in [-0.3, -0.25) is 4.98 Å². The SMILES string of the molecule is CC(OC(=O)COc1ccc(C#N)cc1)c1nc(-c2cccnc2)no1. The number of ether oxygens (including phenoxy) is 2. The predicted molar refractivity (Wildman–Crippen MR) is 88.7 cm³/mol. The molecule has 0 aliphatic carbocycles. The predicted octanol–water partition coefficient (Wildman–Crippen LogP) is 2.69. The van der Waals surface area contributed by atoms with Crippen molar-refractivity contribution in [3.05, 3.63) is 60.2 Å². The molecule has 0 saturated heterocycles. The highest BCUT2D eigenvalue weighted by molar-refractivity contribution is 5.71. The van der Waals surface area contributed by atoms with Crippen LogP contribution in [0.2, 0.25) is 0 Å². The fourth-order valence-electron chi connectivity index (χ4n) is 2.06. The molecule has 0 bridgehead atoms. The largest absolute Gasteiger partial charge is 0.482 e. The molecule has 2 heterocycles. The Morgan fingerprint density at radius 1 is 1.31 bits per heavy atom. The van der Waals surface area contributed by atoms with E-state index in [1.54, 1.807) is 55.7 Å². The zero-order valence-corrected chi connectivity index (χ0v) is 13.8. The van der Waals surface area contributed by atoms with Crippen LogP contribution in [0.15, 0.2) is 53.3 Å². The third-order valence-electron chi connectivity index (χ3n) is 3.36. The van der Waals surface area contributed by atoms with Crippen LogP contribution in [0.1, 0.15) is 24.5 Å². The summed E-state index contributed by atoms with van der Waals surface area (Å²) in [6, 6.07) is 12.0. The van der Waals surface area contributed by atoms with Gasteiger partial charge in [0.25, 0.3) is 5.89 Å². The molecule has 1 aromatic carbocycles. The van der Waals surface area contributed by atoms with Crippen molar-refractivity contribution in [3.63, 3.8) is 0 Å². The summed E-state index contributed by atoms with van der Waals surface area (Å²) < 4.78 is 15.7. The standard InChI is InChI=1S/C18H14N4O4/c1-12(18-21-17(22-26-18)14-3-2-8-20-10-14)25-16(23)11-24-15-6-4-13(9-19)5-7-15/h2-8,10,12H,11H2,1H3. The monoisotopic (exact) mass is 350 g/mol. The fraction of sp³-hybridized carbons (Fsp3) is 0.167. The second-order valence-electron chi connectivity index (χ2n) is 5.25. The molecule has 0 amide bonds. The maximum atomic E-state index is 11.9. The topological polar surface area (TPSA) is 111 Å². The number of aromatic nitrogens is 3. The molecule has 3 rings (SSSR count). The Kier molecular flexibility index (Phi) is 5.19. The fourth-order valence-corrected chi connectivity index (χ4v) is 2.06. The minimum Gasteiger partial charge on any atom is -0.482 e. The molecule has 130 valence electrons. The van der Waals surface area contributed by atoms with E-state index in [0.29, 0.717) is 22.7 Å². The number of carbonyl (C=O) groups excluding carboxylic acids is 1. The van der Waals surface area contributed by atoms with Crippen molar-refractivity contribution in [2.75, 3.05) is 6.61 Å². The van der Waals surface area contributed by atoms with Gasteiger partial charge in [-0.05, 0) is 43.3 Å². The number of hydrogen-bond donors (Lipinski definition) is 0.